The van der Waals surface area contributed by atoms with Crippen LogP contribution in [0.1, 0.15) is 50.7 Å². The van der Waals surface area contributed by atoms with Gasteiger partial charge in [0.15, 0.2) is 5.69 Å². The lowest BCUT2D eigenvalue weighted by molar-refractivity contribution is 0.203. The third-order valence-corrected chi connectivity index (χ3v) is 2.91. The summed E-state index contributed by atoms with van der Waals surface area (Å²) in [6.45, 7) is 15.5. The van der Waals surface area contributed by atoms with E-state index in [2.05, 4.69) is 10.2 Å². The molecular weight excluding hydrogens is 240 g/mol. The van der Waals surface area contributed by atoms with Crippen molar-refractivity contribution in [1.82, 2.24) is 5.32 Å². The van der Waals surface area contributed by atoms with E-state index in [9.17, 15) is 4.79 Å². The maximum absolute atomic E-state index is 11.3. The maximum atomic E-state index is 11.3. The Labute approximate surface area is 114 Å². The van der Waals surface area contributed by atoms with Crippen molar-refractivity contribution in [2.75, 3.05) is 7.05 Å². The van der Waals surface area contributed by atoms with Crippen molar-refractivity contribution in [1.29, 1.82) is 0 Å². The Bertz CT molecular complexity index is 484. The summed E-state index contributed by atoms with van der Waals surface area (Å²) in [5.74, 6) is 0.892. The normalized spacial score (nSPS) is 10.4. The van der Waals surface area contributed by atoms with E-state index in [-0.39, 0.29) is 11.8 Å². The fourth-order valence-corrected chi connectivity index (χ4v) is 1.88. The smallest absolute Gasteiger partial charge is 0.410 e. The van der Waals surface area contributed by atoms with Crippen LogP contribution in [0.4, 0.5) is 10.5 Å². The molecule has 1 rings (SSSR count). The minimum absolute atomic E-state index is 0.204. The standard InChI is InChI=1S/C15H20N2O2/c1-9(2)12-7-11(19-15(18)17-6)8-13(10(3)4)14(12)16-5/h7-10H,1-4,6H3,(H,17,18). The average Bonchev–Trinajstić information content (AvgIpc) is 2.37. The molecule has 0 aliphatic rings. The summed E-state index contributed by atoms with van der Waals surface area (Å²) in [5, 5.41) is 2.42. The van der Waals surface area contributed by atoms with Crippen molar-refractivity contribution in [3.05, 3.63) is 34.7 Å². The number of ether oxygens (including phenoxy) is 1. The van der Waals surface area contributed by atoms with E-state index in [1.54, 1.807) is 12.1 Å². The molecule has 0 fully saturated rings. The predicted octanol–water partition coefficient (Wildman–Crippen LogP) is 4.20. The number of nitrogens with zero attached hydrogens (tertiary/aromatic N) is 1. The van der Waals surface area contributed by atoms with Crippen LogP contribution in [0.5, 0.6) is 5.75 Å². The molecule has 0 aliphatic heterocycles. The Hall–Kier alpha value is -2.02. The van der Waals surface area contributed by atoms with Gasteiger partial charge in [0.1, 0.15) is 5.75 Å². The predicted molar refractivity (Wildman–Crippen MR) is 76.0 cm³/mol. The maximum Gasteiger partial charge on any atom is 0.412 e. The molecule has 0 bridgehead atoms. The summed E-state index contributed by atoms with van der Waals surface area (Å²) in [4.78, 5) is 15.0. The first-order valence-corrected chi connectivity index (χ1v) is 6.35. The van der Waals surface area contributed by atoms with Gasteiger partial charge in [-0.2, -0.15) is 0 Å². The van der Waals surface area contributed by atoms with Gasteiger partial charge in [-0.25, -0.2) is 9.64 Å². The van der Waals surface area contributed by atoms with Gasteiger partial charge in [0, 0.05) is 7.05 Å². The van der Waals surface area contributed by atoms with Gasteiger partial charge >= 0.3 is 6.09 Å². The minimum Gasteiger partial charge on any atom is -0.410 e. The molecule has 102 valence electrons. The van der Waals surface area contributed by atoms with Crippen LogP contribution in [-0.4, -0.2) is 13.1 Å². The van der Waals surface area contributed by atoms with Crippen LogP contribution in [0, 0.1) is 6.57 Å². The molecule has 1 amide bonds. The van der Waals surface area contributed by atoms with Crippen molar-refractivity contribution in [3.63, 3.8) is 0 Å². The van der Waals surface area contributed by atoms with Crippen molar-refractivity contribution >= 4 is 11.8 Å². The third kappa shape index (κ3) is 3.47. The van der Waals surface area contributed by atoms with Gasteiger partial charge in [-0.3, -0.25) is 0 Å². The number of carbonyl (C=O) groups excluding carboxylic acids is 1. The lowest BCUT2D eigenvalue weighted by Gasteiger charge is -2.17. The van der Waals surface area contributed by atoms with Gasteiger partial charge in [0.25, 0.3) is 0 Å². The molecule has 1 aromatic carbocycles. The van der Waals surface area contributed by atoms with Gasteiger partial charge in [-0.1, -0.05) is 27.7 Å². The van der Waals surface area contributed by atoms with E-state index in [4.69, 9.17) is 11.3 Å². The third-order valence-electron chi connectivity index (χ3n) is 2.91. The Balaban J connectivity index is 3.38. The largest absolute Gasteiger partial charge is 0.412 e. The molecule has 0 atom stereocenters. The van der Waals surface area contributed by atoms with E-state index < -0.39 is 6.09 Å². The molecule has 0 spiro atoms. The van der Waals surface area contributed by atoms with Crippen molar-refractivity contribution < 1.29 is 9.53 Å². The fourth-order valence-electron chi connectivity index (χ4n) is 1.88. The molecule has 0 heterocycles. The van der Waals surface area contributed by atoms with E-state index in [1.807, 2.05) is 27.7 Å². The second-order valence-electron chi connectivity index (χ2n) is 5.01. The number of carbonyl (C=O) groups is 1. The van der Waals surface area contributed by atoms with E-state index >= 15 is 0 Å². The molecule has 0 aliphatic carbocycles. The Kier molecular flexibility index (Phi) is 4.94. The molecule has 4 nitrogen and oxygen atoms in total. The van der Waals surface area contributed by atoms with Crippen LogP contribution in [-0.2, 0) is 0 Å². The SMILES string of the molecule is [C-]#[N+]c1c(C(C)C)cc(OC(=O)NC)cc1C(C)C. The number of hydrogen-bond donors (Lipinski definition) is 1. The number of rotatable bonds is 3. The highest BCUT2D eigenvalue weighted by Gasteiger charge is 2.17. The first-order valence-electron chi connectivity index (χ1n) is 6.35. The Morgan fingerprint density at radius 1 is 1.21 bits per heavy atom. The molecule has 19 heavy (non-hydrogen) atoms. The van der Waals surface area contributed by atoms with Crippen molar-refractivity contribution in [2.24, 2.45) is 0 Å². The monoisotopic (exact) mass is 260 g/mol. The van der Waals surface area contributed by atoms with Gasteiger partial charge in [-0.15, -0.1) is 0 Å². The molecule has 0 radical (unpaired) electrons. The highest BCUT2D eigenvalue weighted by Crippen LogP contribution is 2.38. The summed E-state index contributed by atoms with van der Waals surface area (Å²) < 4.78 is 5.19. The van der Waals surface area contributed by atoms with Crippen LogP contribution < -0.4 is 10.1 Å². The van der Waals surface area contributed by atoms with E-state index in [0.29, 0.717) is 11.4 Å². The van der Waals surface area contributed by atoms with Crippen LogP contribution in [0.3, 0.4) is 0 Å². The van der Waals surface area contributed by atoms with Crippen molar-refractivity contribution in [2.45, 2.75) is 39.5 Å². The molecule has 0 saturated carbocycles. The quantitative estimate of drug-likeness (QED) is 0.827. The molecule has 4 heteroatoms. The lowest BCUT2D eigenvalue weighted by Crippen LogP contribution is -2.22. The number of nitrogens with one attached hydrogen (secondary N) is 1. The molecule has 1 N–H and O–H groups in total. The molecule has 0 aromatic heterocycles. The molecule has 0 unspecified atom stereocenters. The fraction of sp³-hybridized carbons (Fsp3) is 0.467. The summed E-state index contributed by atoms with van der Waals surface area (Å²) >= 11 is 0. The highest BCUT2D eigenvalue weighted by molar-refractivity contribution is 5.71. The van der Waals surface area contributed by atoms with Crippen LogP contribution in [0.15, 0.2) is 12.1 Å². The van der Waals surface area contributed by atoms with Crippen LogP contribution in [0.2, 0.25) is 0 Å². The first-order chi connectivity index (χ1) is 8.90. The van der Waals surface area contributed by atoms with Crippen molar-refractivity contribution in [3.8, 4) is 5.75 Å². The molecular formula is C15H20N2O2. The molecule has 0 saturated heterocycles. The second kappa shape index (κ2) is 6.24. The van der Waals surface area contributed by atoms with Gasteiger partial charge in [0.2, 0.25) is 0 Å². The zero-order chi connectivity index (χ0) is 14.6. The van der Waals surface area contributed by atoms with Gasteiger partial charge in [-0.05, 0) is 35.1 Å². The van der Waals surface area contributed by atoms with Crippen LogP contribution in [0.25, 0.3) is 4.85 Å². The average molecular weight is 260 g/mol. The summed E-state index contributed by atoms with van der Waals surface area (Å²) in [7, 11) is 1.52. The van der Waals surface area contributed by atoms with Gasteiger partial charge in [0.05, 0.1) is 6.57 Å². The zero-order valence-electron chi connectivity index (χ0n) is 12.1. The lowest BCUT2D eigenvalue weighted by atomic mass is 9.92. The number of benzene rings is 1. The first kappa shape index (κ1) is 15.0. The van der Waals surface area contributed by atoms with E-state index in [0.717, 1.165) is 11.1 Å². The van der Waals surface area contributed by atoms with Gasteiger partial charge < -0.3 is 10.1 Å². The second-order valence-corrected chi connectivity index (χ2v) is 5.01. The Morgan fingerprint density at radius 2 is 1.68 bits per heavy atom. The van der Waals surface area contributed by atoms with Crippen LogP contribution >= 0.6 is 0 Å². The number of hydrogen-bond acceptors (Lipinski definition) is 2. The summed E-state index contributed by atoms with van der Waals surface area (Å²) in [6, 6.07) is 3.55. The minimum atomic E-state index is -0.500. The molecule has 1 aromatic rings. The topological polar surface area (TPSA) is 42.7 Å². The highest BCUT2D eigenvalue weighted by atomic mass is 16.5. The summed E-state index contributed by atoms with van der Waals surface area (Å²) in [5.41, 5.74) is 2.51. The Morgan fingerprint density at radius 3 is 2.00 bits per heavy atom. The van der Waals surface area contributed by atoms with E-state index in [1.165, 1.54) is 7.05 Å². The zero-order valence-corrected chi connectivity index (χ0v) is 12.1. The summed E-state index contributed by atoms with van der Waals surface area (Å²) in [6.07, 6.45) is -0.500. The number of amides is 1.